The van der Waals surface area contributed by atoms with Crippen LogP contribution in [0.5, 0.6) is 0 Å². The summed E-state index contributed by atoms with van der Waals surface area (Å²) in [6, 6.07) is 23.7. The Morgan fingerprint density at radius 1 is 0.640 bits per heavy atom. The van der Waals surface area contributed by atoms with Crippen molar-refractivity contribution in [2.24, 2.45) is 0 Å². The Bertz CT molecular complexity index is 1360. The van der Waals surface area contributed by atoms with E-state index >= 15 is 0 Å². The highest BCUT2D eigenvalue weighted by Crippen LogP contribution is 2.52. The number of carbonyl (C=O) groups excluding carboxylic acids is 1. The van der Waals surface area contributed by atoms with Crippen molar-refractivity contribution in [3.8, 4) is 22.3 Å². The average Bonchev–Trinajstić information content (AvgIpc) is 2.96. The standard InChI is InChI=1S/C24H14O/c1-13(25)17-6-3-7-18-20-12-16-5-2-4-14-8-9-15-10-11-19(23(17)18)24(20)22(15)21(14)16/h2-12H,1H3. The first kappa shape index (κ1) is 13.1. The van der Waals surface area contributed by atoms with E-state index in [9.17, 15) is 4.79 Å². The maximum atomic E-state index is 12.2. The summed E-state index contributed by atoms with van der Waals surface area (Å²) in [5.41, 5.74) is 5.55. The van der Waals surface area contributed by atoms with Gasteiger partial charge in [0.05, 0.1) is 0 Å². The van der Waals surface area contributed by atoms with Crippen LogP contribution in [-0.4, -0.2) is 5.78 Å². The molecule has 0 atom stereocenters. The van der Waals surface area contributed by atoms with Gasteiger partial charge >= 0.3 is 0 Å². The van der Waals surface area contributed by atoms with Gasteiger partial charge in [0.1, 0.15) is 0 Å². The Labute approximate surface area is 144 Å². The third-order valence-electron chi connectivity index (χ3n) is 5.63. The molecule has 0 radical (unpaired) electrons. The van der Waals surface area contributed by atoms with Crippen LogP contribution in [0.1, 0.15) is 17.3 Å². The largest absolute Gasteiger partial charge is 0.294 e. The SMILES string of the molecule is CC(=O)c1cccc2c1-c1ccc3ccc4cccc5cc-2c1c3c45. The van der Waals surface area contributed by atoms with E-state index in [1.807, 2.05) is 12.1 Å². The van der Waals surface area contributed by atoms with Gasteiger partial charge < -0.3 is 0 Å². The van der Waals surface area contributed by atoms with Crippen molar-refractivity contribution in [3.63, 3.8) is 0 Å². The molecule has 6 rings (SSSR count). The lowest BCUT2D eigenvalue weighted by molar-refractivity contribution is 0.101. The fourth-order valence-corrected chi connectivity index (χ4v) is 4.63. The Kier molecular flexibility index (Phi) is 2.24. The number of rotatable bonds is 1. The van der Waals surface area contributed by atoms with Crippen LogP contribution >= 0.6 is 0 Å². The van der Waals surface area contributed by atoms with Gasteiger partial charge in [0.15, 0.2) is 5.78 Å². The molecule has 1 heteroatoms. The molecule has 1 nitrogen and oxygen atoms in total. The molecule has 0 spiro atoms. The van der Waals surface area contributed by atoms with Crippen LogP contribution in [0.4, 0.5) is 0 Å². The lowest BCUT2D eigenvalue weighted by Crippen LogP contribution is -1.95. The number of benzene rings is 5. The molecule has 1 aliphatic rings. The summed E-state index contributed by atoms with van der Waals surface area (Å²) in [5, 5.41) is 7.76. The predicted octanol–water partition coefficient (Wildman–Crippen LogP) is 6.43. The van der Waals surface area contributed by atoms with Crippen LogP contribution in [0.15, 0.2) is 66.7 Å². The summed E-state index contributed by atoms with van der Waals surface area (Å²) in [6.07, 6.45) is 0. The van der Waals surface area contributed by atoms with Crippen LogP contribution in [0.2, 0.25) is 0 Å². The Hall–Kier alpha value is -3.19. The van der Waals surface area contributed by atoms with E-state index < -0.39 is 0 Å². The first-order valence-corrected chi connectivity index (χ1v) is 8.59. The molecule has 0 N–H and O–H groups in total. The average molecular weight is 318 g/mol. The molecule has 1 aliphatic carbocycles. The number of Topliss-reactive ketones (excluding diaryl/α,β-unsaturated/α-hetero) is 1. The second-order valence-corrected chi connectivity index (χ2v) is 6.94. The maximum Gasteiger partial charge on any atom is 0.160 e. The molecular weight excluding hydrogens is 304 g/mol. The number of hydrogen-bond acceptors (Lipinski definition) is 1. The van der Waals surface area contributed by atoms with Gasteiger partial charge in [0.2, 0.25) is 0 Å². The lowest BCUT2D eigenvalue weighted by atomic mass is 9.91. The molecule has 0 bridgehead atoms. The van der Waals surface area contributed by atoms with E-state index in [-0.39, 0.29) is 5.78 Å². The number of ketones is 1. The van der Waals surface area contributed by atoms with Crippen LogP contribution < -0.4 is 0 Å². The van der Waals surface area contributed by atoms with Gasteiger partial charge in [-0.1, -0.05) is 60.7 Å². The summed E-state index contributed by atoms with van der Waals surface area (Å²) in [7, 11) is 0. The molecular formula is C24H14O. The Morgan fingerprint density at radius 2 is 1.36 bits per heavy atom. The molecule has 0 aliphatic heterocycles. The highest BCUT2D eigenvalue weighted by Gasteiger charge is 2.27. The van der Waals surface area contributed by atoms with Gasteiger partial charge in [-0.3, -0.25) is 4.79 Å². The zero-order valence-corrected chi connectivity index (χ0v) is 13.8. The van der Waals surface area contributed by atoms with Crippen LogP contribution in [0.3, 0.4) is 0 Å². The monoisotopic (exact) mass is 318 g/mol. The molecule has 25 heavy (non-hydrogen) atoms. The van der Waals surface area contributed by atoms with Crippen molar-refractivity contribution in [1.82, 2.24) is 0 Å². The number of hydrogen-bond donors (Lipinski definition) is 0. The molecule has 0 amide bonds. The van der Waals surface area contributed by atoms with Crippen LogP contribution in [-0.2, 0) is 0 Å². The number of carbonyl (C=O) groups is 1. The van der Waals surface area contributed by atoms with E-state index in [0.717, 1.165) is 11.1 Å². The topological polar surface area (TPSA) is 17.1 Å². The fourth-order valence-electron chi connectivity index (χ4n) is 4.63. The highest BCUT2D eigenvalue weighted by atomic mass is 16.1. The minimum atomic E-state index is 0.124. The van der Waals surface area contributed by atoms with Crippen LogP contribution in [0, 0.1) is 0 Å². The second-order valence-electron chi connectivity index (χ2n) is 6.94. The molecule has 5 aromatic carbocycles. The molecule has 0 aromatic heterocycles. The maximum absolute atomic E-state index is 12.2. The van der Waals surface area contributed by atoms with E-state index in [2.05, 4.69) is 54.6 Å². The second kappa shape index (κ2) is 4.25. The highest BCUT2D eigenvalue weighted by molar-refractivity contribution is 6.32. The molecule has 116 valence electrons. The van der Waals surface area contributed by atoms with Gasteiger partial charge in [-0.25, -0.2) is 0 Å². The molecule has 0 unspecified atom stereocenters. The van der Waals surface area contributed by atoms with Crippen molar-refractivity contribution in [1.29, 1.82) is 0 Å². The zero-order chi connectivity index (χ0) is 16.7. The zero-order valence-electron chi connectivity index (χ0n) is 13.8. The van der Waals surface area contributed by atoms with Crippen molar-refractivity contribution in [2.45, 2.75) is 6.92 Å². The summed E-state index contributed by atoms with van der Waals surface area (Å²) >= 11 is 0. The minimum Gasteiger partial charge on any atom is -0.294 e. The molecule has 0 fully saturated rings. The third-order valence-corrected chi connectivity index (χ3v) is 5.63. The van der Waals surface area contributed by atoms with Gasteiger partial charge in [0.25, 0.3) is 0 Å². The van der Waals surface area contributed by atoms with E-state index in [1.165, 1.54) is 49.0 Å². The molecule has 0 heterocycles. The molecule has 0 saturated heterocycles. The summed E-state index contributed by atoms with van der Waals surface area (Å²) in [6.45, 7) is 1.66. The van der Waals surface area contributed by atoms with E-state index in [4.69, 9.17) is 0 Å². The van der Waals surface area contributed by atoms with Crippen molar-refractivity contribution >= 4 is 38.1 Å². The summed E-state index contributed by atoms with van der Waals surface area (Å²) in [4.78, 5) is 12.2. The lowest BCUT2D eigenvalue weighted by Gasteiger charge is -2.12. The summed E-state index contributed by atoms with van der Waals surface area (Å²) < 4.78 is 0. The van der Waals surface area contributed by atoms with Gasteiger partial charge in [-0.15, -0.1) is 0 Å². The Balaban J connectivity index is 1.95. The quantitative estimate of drug-likeness (QED) is 0.252. The van der Waals surface area contributed by atoms with E-state index in [1.54, 1.807) is 6.92 Å². The summed E-state index contributed by atoms with van der Waals surface area (Å²) in [5.74, 6) is 0.124. The fraction of sp³-hybridized carbons (Fsp3) is 0.0417. The van der Waals surface area contributed by atoms with Gasteiger partial charge in [-0.2, -0.15) is 0 Å². The normalized spacial score (nSPS) is 12.4. The van der Waals surface area contributed by atoms with Crippen molar-refractivity contribution in [3.05, 3.63) is 72.3 Å². The Morgan fingerprint density at radius 3 is 2.20 bits per heavy atom. The smallest absolute Gasteiger partial charge is 0.160 e. The van der Waals surface area contributed by atoms with Crippen LogP contribution in [0.25, 0.3) is 54.6 Å². The first-order chi connectivity index (χ1) is 12.2. The minimum absolute atomic E-state index is 0.124. The van der Waals surface area contributed by atoms with E-state index in [0.29, 0.717) is 0 Å². The predicted molar refractivity (Wildman–Crippen MR) is 105 cm³/mol. The van der Waals surface area contributed by atoms with Gasteiger partial charge in [-0.05, 0) is 62.0 Å². The molecule has 0 saturated carbocycles. The first-order valence-electron chi connectivity index (χ1n) is 8.59. The molecule has 5 aromatic rings. The van der Waals surface area contributed by atoms with Crippen molar-refractivity contribution in [2.75, 3.05) is 0 Å². The number of fused-ring (bicyclic) bond motifs is 3. The van der Waals surface area contributed by atoms with Gasteiger partial charge in [0, 0.05) is 11.1 Å². The third kappa shape index (κ3) is 1.47. The van der Waals surface area contributed by atoms with Crippen molar-refractivity contribution < 1.29 is 4.79 Å².